The van der Waals surface area contributed by atoms with Crippen molar-refractivity contribution < 1.29 is 0 Å². The van der Waals surface area contributed by atoms with Gasteiger partial charge >= 0.3 is 0 Å². The molecule has 1 unspecified atom stereocenters. The van der Waals surface area contributed by atoms with Crippen LogP contribution in [0.1, 0.15) is 25.5 Å². The first-order valence-corrected chi connectivity index (χ1v) is 4.34. The van der Waals surface area contributed by atoms with Crippen LogP contribution in [0.3, 0.4) is 0 Å². The quantitative estimate of drug-likeness (QED) is 0.617. The Balaban J connectivity index is 2.27. The second-order valence-electron chi connectivity index (χ2n) is 3.18. The summed E-state index contributed by atoms with van der Waals surface area (Å²) in [4.78, 5) is 8.78. The Morgan fingerprint density at radius 3 is 2.92 bits per heavy atom. The van der Waals surface area contributed by atoms with Gasteiger partial charge in [0.05, 0.1) is 11.4 Å². The second kappa shape index (κ2) is 3.05. The van der Waals surface area contributed by atoms with Crippen molar-refractivity contribution in [2.24, 2.45) is 4.99 Å². The summed E-state index contributed by atoms with van der Waals surface area (Å²) in [5.74, 6) is 0. The van der Waals surface area contributed by atoms with Crippen molar-refractivity contribution in [2.45, 2.75) is 25.8 Å². The molecule has 0 bridgehead atoms. The smallest absolute Gasteiger partial charge is 0.0840 e. The van der Waals surface area contributed by atoms with E-state index in [-0.39, 0.29) is 0 Å². The Morgan fingerprint density at radius 1 is 1.42 bits per heavy atom. The Labute approximate surface area is 72.4 Å². The van der Waals surface area contributed by atoms with Crippen LogP contribution in [0.5, 0.6) is 0 Å². The minimum absolute atomic E-state index is 0.488. The van der Waals surface area contributed by atoms with Gasteiger partial charge in [0.2, 0.25) is 0 Å². The molecule has 12 heavy (non-hydrogen) atoms. The van der Waals surface area contributed by atoms with Crippen LogP contribution >= 0.6 is 0 Å². The zero-order valence-electron chi connectivity index (χ0n) is 7.20. The predicted octanol–water partition coefficient (Wildman–Crippen LogP) is 2.05. The van der Waals surface area contributed by atoms with Gasteiger partial charge in [-0.05, 0) is 31.9 Å². The van der Waals surface area contributed by atoms with Gasteiger partial charge in [-0.2, -0.15) is 0 Å². The Hall–Kier alpha value is -1.18. The molecule has 2 nitrogen and oxygen atoms in total. The summed E-state index contributed by atoms with van der Waals surface area (Å²) in [6.07, 6.45) is 4.07. The highest BCUT2D eigenvalue weighted by Crippen LogP contribution is 2.16. The highest BCUT2D eigenvalue weighted by atomic mass is 14.8. The molecule has 1 aliphatic rings. The zero-order chi connectivity index (χ0) is 8.39. The number of rotatable bonds is 1. The summed E-state index contributed by atoms with van der Waals surface area (Å²) in [7, 11) is 0. The van der Waals surface area contributed by atoms with Gasteiger partial charge in [-0.1, -0.05) is 6.07 Å². The van der Waals surface area contributed by atoms with Crippen LogP contribution in [-0.2, 0) is 0 Å². The molecule has 0 amide bonds. The highest BCUT2D eigenvalue weighted by Gasteiger charge is 2.14. The van der Waals surface area contributed by atoms with E-state index in [2.05, 4.69) is 16.9 Å². The first-order valence-electron chi connectivity index (χ1n) is 4.34. The third-order valence-electron chi connectivity index (χ3n) is 2.14. The molecule has 0 saturated carbocycles. The summed E-state index contributed by atoms with van der Waals surface area (Å²) in [6.45, 7) is 2.15. The molecule has 1 aromatic rings. The molecule has 1 aromatic heterocycles. The van der Waals surface area contributed by atoms with Gasteiger partial charge in [-0.15, -0.1) is 0 Å². The largest absolute Gasteiger partial charge is 0.284 e. The van der Waals surface area contributed by atoms with Crippen molar-refractivity contribution in [3.05, 3.63) is 30.1 Å². The van der Waals surface area contributed by atoms with Crippen molar-refractivity contribution in [3.63, 3.8) is 0 Å². The summed E-state index contributed by atoms with van der Waals surface area (Å²) >= 11 is 0. The Kier molecular flexibility index (Phi) is 1.90. The van der Waals surface area contributed by atoms with Crippen LogP contribution in [0, 0.1) is 0 Å². The highest BCUT2D eigenvalue weighted by molar-refractivity contribution is 6.00. The second-order valence-corrected chi connectivity index (χ2v) is 3.18. The maximum absolute atomic E-state index is 4.51. The van der Waals surface area contributed by atoms with Gasteiger partial charge in [-0.3, -0.25) is 9.98 Å². The van der Waals surface area contributed by atoms with E-state index in [1.807, 2.05) is 24.4 Å². The number of nitrogens with zero attached hydrogens (tertiary/aromatic N) is 2. The molecule has 0 radical (unpaired) electrons. The van der Waals surface area contributed by atoms with Gasteiger partial charge in [0.15, 0.2) is 0 Å². The molecular weight excluding hydrogens is 148 g/mol. The standard InChI is InChI=1S/C10H12N2/c1-8-5-6-10(12-8)9-4-2-3-7-11-9/h2-4,7-8H,5-6H2,1H3. The molecule has 1 atom stereocenters. The van der Waals surface area contributed by atoms with Crippen LogP contribution in [0.4, 0.5) is 0 Å². The molecule has 2 rings (SSSR count). The summed E-state index contributed by atoms with van der Waals surface area (Å²) in [5, 5.41) is 0. The fourth-order valence-corrected chi connectivity index (χ4v) is 1.47. The van der Waals surface area contributed by atoms with Gasteiger partial charge in [0.25, 0.3) is 0 Å². The van der Waals surface area contributed by atoms with Gasteiger partial charge in [0, 0.05) is 12.2 Å². The number of hydrogen-bond donors (Lipinski definition) is 0. The number of aromatic nitrogens is 1. The van der Waals surface area contributed by atoms with E-state index in [1.165, 1.54) is 12.1 Å². The van der Waals surface area contributed by atoms with E-state index >= 15 is 0 Å². The molecule has 0 N–H and O–H groups in total. The van der Waals surface area contributed by atoms with E-state index in [9.17, 15) is 0 Å². The van der Waals surface area contributed by atoms with Crippen LogP contribution < -0.4 is 0 Å². The van der Waals surface area contributed by atoms with Gasteiger partial charge in [0.1, 0.15) is 0 Å². The average Bonchev–Trinajstić information content (AvgIpc) is 2.54. The minimum Gasteiger partial charge on any atom is -0.284 e. The van der Waals surface area contributed by atoms with Crippen molar-refractivity contribution in [2.75, 3.05) is 0 Å². The van der Waals surface area contributed by atoms with Gasteiger partial charge < -0.3 is 0 Å². The molecule has 1 aliphatic heterocycles. The third-order valence-corrected chi connectivity index (χ3v) is 2.14. The van der Waals surface area contributed by atoms with Crippen molar-refractivity contribution in [3.8, 4) is 0 Å². The average molecular weight is 160 g/mol. The molecule has 2 heterocycles. The van der Waals surface area contributed by atoms with E-state index in [0.717, 1.165) is 12.1 Å². The molecule has 0 spiro atoms. The maximum Gasteiger partial charge on any atom is 0.0840 e. The molecular formula is C10H12N2. The van der Waals surface area contributed by atoms with E-state index in [0.29, 0.717) is 6.04 Å². The molecule has 0 saturated heterocycles. The molecule has 62 valence electrons. The molecule has 2 heteroatoms. The normalized spacial score (nSPS) is 22.4. The Bertz CT molecular complexity index is 290. The Morgan fingerprint density at radius 2 is 2.33 bits per heavy atom. The molecule has 0 aromatic carbocycles. The maximum atomic E-state index is 4.51. The van der Waals surface area contributed by atoms with Crippen LogP contribution in [0.15, 0.2) is 29.4 Å². The predicted molar refractivity (Wildman–Crippen MR) is 49.5 cm³/mol. The van der Waals surface area contributed by atoms with Crippen LogP contribution in [0.25, 0.3) is 0 Å². The number of aliphatic imine (C=N–C) groups is 1. The van der Waals surface area contributed by atoms with Crippen LogP contribution in [-0.4, -0.2) is 16.7 Å². The molecule has 0 fully saturated rings. The third kappa shape index (κ3) is 1.37. The van der Waals surface area contributed by atoms with E-state index in [4.69, 9.17) is 0 Å². The topological polar surface area (TPSA) is 25.2 Å². The minimum atomic E-state index is 0.488. The lowest BCUT2D eigenvalue weighted by molar-refractivity contribution is 0.739. The van der Waals surface area contributed by atoms with Gasteiger partial charge in [-0.25, -0.2) is 0 Å². The lowest BCUT2D eigenvalue weighted by atomic mass is 10.1. The SMILES string of the molecule is CC1CCC(c2ccccn2)=N1. The summed E-state index contributed by atoms with van der Waals surface area (Å²) in [6, 6.07) is 6.45. The van der Waals surface area contributed by atoms with Crippen molar-refractivity contribution in [1.82, 2.24) is 4.98 Å². The fourth-order valence-electron chi connectivity index (χ4n) is 1.47. The van der Waals surface area contributed by atoms with E-state index in [1.54, 1.807) is 0 Å². The monoisotopic (exact) mass is 160 g/mol. The zero-order valence-corrected chi connectivity index (χ0v) is 7.20. The first-order chi connectivity index (χ1) is 5.86. The first kappa shape index (κ1) is 7.47. The lowest BCUT2D eigenvalue weighted by Gasteiger charge is -1.96. The van der Waals surface area contributed by atoms with Crippen molar-refractivity contribution >= 4 is 5.71 Å². The van der Waals surface area contributed by atoms with E-state index < -0.39 is 0 Å². The summed E-state index contributed by atoms with van der Waals surface area (Å²) < 4.78 is 0. The number of pyridine rings is 1. The van der Waals surface area contributed by atoms with Crippen molar-refractivity contribution in [1.29, 1.82) is 0 Å². The number of hydrogen-bond acceptors (Lipinski definition) is 2. The fraction of sp³-hybridized carbons (Fsp3) is 0.400. The van der Waals surface area contributed by atoms with Crippen LogP contribution in [0.2, 0.25) is 0 Å². The summed E-state index contributed by atoms with van der Waals surface area (Å²) in [5.41, 5.74) is 2.21. The molecule has 0 aliphatic carbocycles. The lowest BCUT2D eigenvalue weighted by Crippen LogP contribution is -1.98.